The lowest BCUT2D eigenvalue weighted by molar-refractivity contribution is -0.140. The molecular formula is C15H20BrClN2O2. The molecule has 4 nitrogen and oxygen atoms in total. The van der Waals surface area contributed by atoms with Crippen LogP contribution in [-0.4, -0.2) is 43.1 Å². The molecule has 2 atom stereocenters. The van der Waals surface area contributed by atoms with Crippen LogP contribution >= 0.6 is 28.3 Å². The number of halogens is 2. The van der Waals surface area contributed by atoms with E-state index in [9.17, 15) is 4.79 Å². The van der Waals surface area contributed by atoms with Crippen LogP contribution in [0.2, 0.25) is 0 Å². The van der Waals surface area contributed by atoms with Crippen LogP contribution in [0, 0.1) is 0 Å². The van der Waals surface area contributed by atoms with Crippen LogP contribution < -0.4 is 5.32 Å². The molecule has 116 valence electrons. The van der Waals surface area contributed by atoms with Gasteiger partial charge in [0.15, 0.2) is 0 Å². The number of nitrogens with one attached hydrogen (secondary N) is 1. The Morgan fingerprint density at radius 1 is 1.43 bits per heavy atom. The predicted octanol–water partition coefficient (Wildman–Crippen LogP) is 2.52. The first kappa shape index (κ1) is 16.7. The van der Waals surface area contributed by atoms with Crippen molar-refractivity contribution in [2.24, 2.45) is 0 Å². The van der Waals surface area contributed by atoms with E-state index in [-0.39, 0.29) is 30.5 Å². The van der Waals surface area contributed by atoms with Gasteiger partial charge in [0.25, 0.3) is 0 Å². The highest BCUT2D eigenvalue weighted by Gasteiger charge is 2.31. The monoisotopic (exact) mass is 374 g/mol. The molecule has 1 N–H and O–H groups in total. The summed E-state index contributed by atoms with van der Waals surface area (Å²) in [5.41, 5.74) is 1.12. The molecule has 1 amide bonds. The Hall–Kier alpha value is -0.620. The molecule has 2 unspecified atom stereocenters. The lowest BCUT2D eigenvalue weighted by atomic mass is 10.1. The third-order valence-corrected chi connectivity index (χ3v) is 4.45. The third kappa shape index (κ3) is 3.97. The van der Waals surface area contributed by atoms with Crippen molar-refractivity contribution < 1.29 is 9.53 Å². The molecule has 21 heavy (non-hydrogen) atoms. The van der Waals surface area contributed by atoms with Gasteiger partial charge in [0.2, 0.25) is 5.91 Å². The van der Waals surface area contributed by atoms with E-state index in [0.29, 0.717) is 19.7 Å². The lowest BCUT2D eigenvalue weighted by Crippen LogP contribution is -2.49. The number of ether oxygens (including phenoxy) is 1. The summed E-state index contributed by atoms with van der Waals surface area (Å²) in [6.45, 7) is 2.90. The van der Waals surface area contributed by atoms with Gasteiger partial charge < -0.3 is 15.0 Å². The highest BCUT2D eigenvalue weighted by Crippen LogP contribution is 2.25. The van der Waals surface area contributed by atoms with Crippen molar-refractivity contribution in [3.63, 3.8) is 0 Å². The SMILES string of the molecule is Cl.O=C(C1CCCN1)N1CCOC(c2cccc(Br)c2)C1. The van der Waals surface area contributed by atoms with E-state index in [1.807, 2.05) is 17.0 Å². The Balaban J connectivity index is 0.00000161. The summed E-state index contributed by atoms with van der Waals surface area (Å²) in [5.74, 6) is 0.228. The van der Waals surface area contributed by atoms with Gasteiger partial charge >= 0.3 is 0 Å². The van der Waals surface area contributed by atoms with Crippen molar-refractivity contribution in [1.29, 1.82) is 0 Å². The van der Waals surface area contributed by atoms with Crippen molar-refractivity contribution in [2.45, 2.75) is 25.0 Å². The van der Waals surface area contributed by atoms with Crippen LogP contribution in [0.3, 0.4) is 0 Å². The van der Waals surface area contributed by atoms with Gasteiger partial charge in [-0.15, -0.1) is 12.4 Å². The number of morpholine rings is 1. The van der Waals surface area contributed by atoms with Crippen LogP contribution in [0.15, 0.2) is 28.7 Å². The van der Waals surface area contributed by atoms with E-state index in [1.54, 1.807) is 0 Å². The van der Waals surface area contributed by atoms with Gasteiger partial charge in [0.05, 0.1) is 19.2 Å². The Kier molecular flexibility index (Phi) is 6.05. The average molecular weight is 376 g/mol. The molecule has 0 spiro atoms. The number of benzene rings is 1. The molecule has 2 fully saturated rings. The average Bonchev–Trinajstić information content (AvgIpc) is 3.01. The van der Waals surface area contributed by atoms with Gasteiger partial charge in [-0.1, -0.05) is 28.1 Å². The topological polar surface area (TPSA) is 41.6 Å². The summed E-state index contributed by atoms with van der Waals surface area (Å²) in [7, 11) is 0. The molecule has 2 heterocycles. The lowest BCUT2D eigenvalue weighted by Gasteiger charge is -2.34. The van der Waals surface area contributed by atoms with Gasteiger partial charge in [0.1, 0.15) is 6.10 Å². The van der Waals surface area contributed by atoms with Crippen LogP contribution in [0.25, 0.3) is 0 Å². The summed E-state index contributed by atoms with van der Waals surface area (Å²) < 4.78 is 6.87. The first-order valence-corrected chi connectivity index (χ1v) is 7.92. The Morgan fingerprint density at radius 3 is 3.00 bits per heavy atom. The van der Waals surface area contributed by atoms with Gasteiger partial charge in [-0.25, -0.2) is 0 Å². The van der Waals surface area contributed by atoms with Crippen molar-refractivity contribution in [1.82, 2.24) is 10.2 Å². The molecule has 0 saturated carbocycles. The van der Waals surface area contributed by atoms with E-state index < -0.39 is 0 Å². The fourth-order valence-electron chi connectivity index (χ4n) is 2.87. The van der Waals surface area contributed by atoms with E-state index >= 15 is 0 Å². The molecule has 3 rings (SSSR count). The number of amides is 1. The summed E-state index contributed by atoms with van der Waals surface area (Å²) in [6, 6.07) is 8.12. The molecule has 1 aromatic rings. The molecule has 0 bridgehead atoms. The predicted molar refractivity (Wildman–Crippen MR) is 87.7 cm³/mol. The number of carbonyl (C=O) groups excluding carboxylic acids is 1. The number of rotatable bonds is 2. The maximum absolute atomic E-state index is 12.4. The molecule has 0 aliphatic carbocycles. The Bertz CT molecular complexity index is 494. The number of hydrogen-bond acceptors (Lipinski definition) is 3. The zero-order valence-corrected chi connectivity index (χ0v) is 14.2. The maximum atomic E-state index is 12.4. The highest BCUT2D eigenvalue weighted by atomic mass is 79.9. The van der Waals surface area contributed by atoms with Crippen molar-refractivity contribution in [3.8, 4) is 0 Å². The molecule has 2 aliphatic rings. The fraction of sp³-hybridized carbons (Fsp3) is 0.533. The zero-order chi connectivity index (χ0) is 13.9. The number of hydrogen-bond donors (Lipinski definition) is 1. The minimum Gasteiger partial charge on any atom is -0.370 e. The third-order valence-electron chi connectivity index (χ3n) is 3.96. The van der Waals surface area contributed by atoms with Crippen LogP contribution in [0.5, 0.6) is 0 Å². The van der Waals surface area contributed by atoms with Gasteiger partial charge in [0, 0.05) is 11.0 Å². The van der Waals surface area contributed by atoms with Gasteiger partial charge in [-0.2, -0.15) is 0 Å². The highest BCUT2D eigenvalue weighted by molar-refractivity contribution is 9.10. The zero-order valence-electron chi connectivity index (χ0n) is 11.8. The van der Waals surface area contributed by atoms with Crippen molar-refractivity contribution in [2.75, 3.05) is 26.2 Å². The molecule has 1 aromatic carbocycles. The van der Waals surface area contributed by atoms with Crippen LogP contribution in [-0.2, 0) is 9.53 Å². The van der Waals surface area contributed by atoms with Gasteiger partial charge in [-0.3, -0.25) is 4.79 Å². The second-order valence-electron chi connectivity index (χ2n) is 5.35. The van der Waals surface area contributed by atoms with E-state index in [4.69, 9.17) is 4.74 Å². The molecule has 2 aliphatic heterocycles. The van der Waals surface area contributed by atoms with E-state index in [0.717, 1.165) is 29.4 Å². The maximum Gasteiger partial charge on any atom is 0.239 e. The summed E-state index contributed by atoms with van der Waals surface area (Å²) in [4.78, 5) is 14.4. The smallest absolute Gasteiger partial charge is 0.239 e. The van der Waals surface area contributed by atoms with Crippen LogP contribution in [0.4, 0.5) is 0 Å². The minimum atomic E-state index is -0.0217. The summed E-state index contributed by atoms with van der Waals surface area (Å²) in [6.07, 6.45) is 2.03. The standard InChI is InChI=1S/C15H19BrN2O2.ClH/c16-12-4-1-3-11(9-12)14-10-18(7-8-20-14)15(19)13-5-2-6-17-13;/h1,3-4,9,13-14,17H,2,5-8,10H2;1H. The van der Waals surface area contributed by atoms with E-state index in [2.05, 4.69) is 33.4 Å². The molecule has 6 heteroatoms. The van der Waals surface area contributed by atoms with Gasteiger partial charge in [-0.05, 0) is 37.1 Å². The molecule has 0 radical (unpaired) electrons. The Morgan fingerprint density at radius 2 is 2.29 bits per heavy atom. The molecule has 2 saturated heterocycles. The van der Waals surface area contributed by atoms with E-state index in [1.165, 1.54) is 0 Å². The number of nitrogens with zero attached hydrogens (tertiary/aromatic N) is 1. The second kappa shape index (κ2) is 7.58. The molecular weight excluding hydrogens is 356 g/mol. The largest absolute Gasteiger partial charge is 0.370 e. The first-order chi connectivity index (χ1) is 9.74. The normalized spacial score (nSPS) is 25.5. The van der Waals surface area contributed by atoms with Crippen LogP contribution in [0.1, 0.15) is 24.5 Å². The second-order valence-corrected chi connectivity index (χ2v) is 6.26. The Labute approximate surface area is 139 Å². The van der Waals surface area contributed by atoms with Crippen molar-refractivity contribution in [3.05, 3.63) is 34.3 Å². The summed E-state index contributed by atoms with van der Waals surface area (Å²) in [5, 5.41) is 3.28. The quantitative estimate of drug-likeness (QED) is 0.863. The number of carbonyl (C=O) groups is 1. The minimum absolute atomic E-state index is 0. The fourth-order valence-corrected chi connectivity index (χ4v) is 3.29. The first-order valence-electron chi connectivity index (χ1n) is 7.13. The summed E-state index contributed by atoms with van der Waals surface area (Å²) >= 11 is 3.48. The molecule has 0 aromatic heterocycles. The van der Waals surface area contributed by atoms with Crippen molar-refractivity contribution >= 4 is 34.2 Å².